The molecule has 24 nitrogen and oxygen atoms in total. The summed E-state index contributed by atoms with van der Waals surface area (Å²) in [6, 6.07) is 54.4. The molecule has 0 unspecified atom stereocenters. The monoisotopic (exact) mass is 1130 g/mol. The molecular weight excluding hydrogens is 1100 g/mol. The van der Waals surface area contributed by atoms with E-state index >= 15 is 0 Å². The minimum Gasteiger partial charge on any atom is -0.410 e. The zero-order chi connectivity index (χ0) is 61.0. The standard InChI is InChI=1S/C20H11N5O.C16H9N5O.C14H7N5O.C13H5N5O/c21-10-16-17(11-22)24-20-18(23-16)14-8-4-5-9-15(14)19(20)25-26-12-13-6-2-1-3-7-13;1-2-7-22-21-15-11-6-4-3-5-10(11)14-16(15)20-13(9-18)12(8-17)19-14;1-20-19-13-9-5-3-2-4-8(9)12-14(13)18-11(7-16)10(6-15)17-12;14-5-9-10(6-15)17-13-11(16-9)7-3-1-2-4-8(7)12(13)18-19/h1-9H,12H2;2-6H,1,7H2;2-5H,1H3;1-4,19H/b25-19+;21-15-;19-13+;18-12+. The molecule has 0 bridgehead atoms. The summed E-state index contributed by atoms with van der Waals surface area (Å²) in [5.41, 5.74) is 12.7. The van der Waals surface area contributed by atoms with Gasteiger partial charge in [-0.05, 0) is 5.56 Å². The van der Waals surface area contributed by atoms with Crippen molar-refractivity contribution in [1.29, 1.82) is 42.1 Å². The van der Waals surface area contributed by atoms with Crippen molar-refractivity contribution in [2.75, 3.05) is 13.7 Å². The van der Waals surface area contributed by atoms with E-state index in [1.165, 1.54) is 7.11 Å². The molecule has 1 N–H and O–H groups in total. The molecule has 0 fully saturated rings. The fourth-order valence-electron chi connectivity index (χ4n) is 9.24. The normalized spacial score (nSPS) is 13.1. The summed E-state index contributed by atoms with van der Waals surface area (Å²) >= 11 is 0. The molecule has 0 amide bonds. The van der Waals surface area contributed by atoms with Crippen molar-refractivity contribution in [2.45, 2.75) is 6.61 Å². The van der Waals surface area contributed by atoms with Crippen LogP contribution in [0, 0.1) is 90.6 Å². The van der Waals surface area contributed by atoms with Gasteiger partial charge in [0.1, 0.15) is 137 Å². The highest BCUT2D eigenvalue weighted by Gasteiger charge is 2.34. The Kier molecular flexibility index (Phi) is 16.3. The van der Waals surface area contributed by atoms with E-state index in [-0.39, 0.29) is 57.9 Å². The van der Waals surface area contributed by atoms with Gasteiger partial charge in [0, 0.05) is 44.5 Å². The highest BCUT2D eigenvalue weighted by atomic mass is 16.6. The number of rotatable bonds is 7. The average molecular weight is 1130 g/mol. The number of benzene rings is 5. The van der Waals surface area contributed by atoms with E-state index < -0.39 is 0 Å². The van der Waals surface area contributed by atoms with E-state index in [4.69, 9.17) is 51.3 Å². The number of aromatic nitrogens is 8. The maximum Gasteiger partial charge on any atom is 0.177 e. The molecule has 4 aromatic heterocycles. The summed E-state index contributed by atoms with van der Waals surface area (Å²) in [7, 11) is 1.44. The zero-order valence-corrected chi connectivity index (χ0v) is 44.9. The summed E-state index contributed by atoms with van der Waals surface area (Å²) < 4.78 is 0. The van der Waals surface area contributed by atoms with Crippen LogP contribution in [0.4, 0.5) is 0 Å². The molecule has 9 aromatic rings. The van der Waals surface area contributed by atoms with Crippen molar-refractivity contribution < 1.29 is 19.7 Å². The van der Waals surface area contributed by atoms with Crippen LogP contribution >= 0.6 is 0 Å². The second-order valence-corrected chi connectivity index (χ2v) is 17.8. The Balaban J connectivity index is 0.000000129. The summed E-state index contributed by atoms with van der Waals surface area (Å²) in [6.45, 7) is 4.14. The minimum atomic E-state index is -0.0739. The molecule has 408 valence electrons. The van der Waals surface area contributed by atoms with E-state index in [1.54, 1.807) is 24.3 Å². The largest absolute Gasteiger partial charge is 0.410 e. The average Bonchev–Trinajstić information content (AvgIpc) is 2.11. The SMILES string of the molecule is C=CCO/N=C1/c2ccccc2-c2nc(C#N)c(C#N)nc21.CO/N=C1\c2ccccc2-c2nc(C#N)c(C#N)nc21.N#Cc1nc2c(nc1C#N)-c1ccccc1/C2=N\O.N#Cc1nc2c(nc1C#N)-c1ccccc1/C2=N\OCc1ccccc1. The van der Waals surface area contributed by atoms with E-state index in [0.717, 1.165) is 44.5 Å². The van der Waals surface area contributed by atoms with Gasteiger partial charge >= 0.3 is 0 Å². The first-order valence-corrected chi connectivity index (χ1v) is 25.4. The Morgan fingerprint density at radius 3 is 0.931 bits per heavy atom. The number of nitriles is 8. The molecule has 0 saturated heterocycles. The van der Waals surface area contributed by atoms with Gasteiger partial charge < -0.3 is 19.7 Å². The van der Waals surface area contributed by atoms with E-state index in [2.05, 4.69) is 67.1 Å². The van der Waals surface area contributed by atoms with Crippen molar-refractivity contribution in [2.24, 2.45) is 20.6 Å². The van der Waals surface area contributed by atoms with E-state index in [9.17, 15) is 10.5 Å². The molecule has 5 aromatic carbocycles. The Morgan fingerprint density at radius 2 is 0.632 bits per heavy atom. The Hall–Kier alpha value is -14.0. The van der Waals surface area contributed by atoms with Crippen LogP contribution < -0.4 is 0 Å². The van der Waals surface area contributed by atoms with Gasteiger partial charge in [0.25, 0.3) is 0 Å². The van der Waals surface area contributed by atoms with Crippen LogP contribution in [0.3, 0.4) is 0 Å². The van der Waals surface area contributed by atoms with Gasteiger partial charge in [-0.15, -0.1) is 0 Å². The summed E-state index contributed by atoms with van der Waals surface area (Å²) in [5.74, 6) is 0. The number of oxime groups is 4. The van der Waals surface area contributed by atoms with Crippen molar-refractivity contribution in [3.63, 3.8) is 0 Å². The van der Waals surface area contributed by atoms with Gasteiger partial charge in [-0.3, -0.25) is 0 Å². The molecule has 0 saturated carbocycles. The van der Waals surface area contributed by atoms with Crippen LogP contribution in [0.15, 0.2) is 161 Å². The van der Waals surface area contributed by atoms with Gasteiger partial charge in [-0.2, -0.15) is 42.1 Å². The number of fused-ring (bicyclic) bond motifs is 12. The number of hydrogen-bond donors (Lipinski definition) is 1. The highest BCUT2D eigenvalue weighted by molar-refractivity contribution is 6.25. The fraction of sp³-hybridized carbons (Fsp3) is 0.0476. The summed E-state index contributed by atoms with van der Waals surface area (Å²) in [5, 5.41) is 97.3. The summed E-state index contributed by atoms with van der Waals surface area (Å²) in [6.07, 6.45) is 1.58. The van der Waals surface area contributed by atoms with Crippen molar-refractivity contribution in [3.8, 4) is 93.6 Å². The maximum absolute atomic E-state index is 9.23. The Bertz CT molecular complexity index is 4850. The van der Waals surface area contributed by atoms with Crippen LogP contribution in [0.25, 0.3) is 45.0 Å². The second kappa shape index (κ2) is 25.2. The highest BCUT2D eigenvalue weighted by Crippen LogP contribution is 2.39. The molecular formula is C63H32N20O4. The van der Waals surface area contributed by atoms with Crippen LogP contribution in [0.2, 0.25) is 0 Å². The van der Waals surface area contributed by atoms with Gasteiger partial charge in [0.05, 0.1) is 0 Å². The molecule has 87 heavy (non-hydrogen) atoms. The number of hydrogen-bond acceptors (Lipinski definition) is 24. The van der Waals surface area contributed by atoms with Crippen molar-refractivity contribution >= 4 is 22.8 Å². The molecule has 4 aliphatic carbocycles. The predicted molar refractivity (Wildman–Crippen MR) is 306 cm³/mol. The Labute approximate surface area is 493 Å². The fourth-order valence-corrected chi connectivity index (χ4v) is 9.24. The van der Waals surface area contributed by atoms with Crippen LogP contribution in [0.5, 0.6) is 0 Å². The minimum absolute atomic E-state index is 0.00399. The lowest BCUT2D eigenvalue weighted by atomic mass is 10.1. The predicted octanol–water partition coefficient (Wildman–Crippen LogP) is 8.35. The second-order valence-electron chi connectivity index (χ2n) is 17.8. The van der Waals surface area contributed by atoms with Crippen molar-refractivity contribution in [3.05, 3.63) is 236 Å². The first-order valence-electron chi connectivity index (χ1n) is 25.4. The molecule has 24 heteroatoms. The third-order valence-corrected chi connectivity index (χ3v) is 12.9. The smallest absolute Gasteiger partial charge is 0.177 e. The summed E-state index contributed by atoms with van der Waals surface area (Å²) in [4.78, 5) is 49.3. The van der Waals surface area contributed by atoms with Gasteiger partial charge in [0.15, 0.2) is 45.6 Å². The van der Waals surface area contributed by atoms with Gasteiger partial charge in [-0.1, -0.05) is 161 Å². The number of nitrogens with zero attached hydrogens (tertiary/aromatic N) is 20. The first-order chi connectivity index (χ1) is 42.7. The third-order valence-electron chi connectivity index (χ3n) is 12.9. The van der Waals surface area contributed by atoms with E-state index in [0.29, 0.717) is 74.9 Å². The lowest BCUT2D eigenvalue weighted by Gasteiger charge is -2.03. The van der Waals surface area contributed by atoms with Gasteiger partial charge in [0.2, 0.25) is 0 Å². The molecule has 4 heterocycles. The van der Waals surface area contributed by atoms with Crippen molar-refractivity contribution in [1.82, 2.24) is 39.9 Å². The van der Waals surface area contributed by atoms with Crippen LogP contribution in [0.1, 0.15) is 96.1 Å². The van der Waals surface area contributed by atoms with Gasteiger partial charge in [-0.25, -0.2) is 39.9 Å². The quantitative estimate of drug-likeness (QED) is 0.0677. The molecule has 0 aliphatic heterocycles. The third kappa shape index (κ3) is 10.6. The lowest BCUT2D eigenvalue weighted by Crippen LogP contribution is -2.06. The molecule has 13 rings (SSSR count). The zero-order valence-electron chi connectivity index (χ0n) is 44.9. The molecule has 0 radical (unpaired) electrons. The Morgan fingerprint density at radius 1 is 0.368 bits per heavy atom. The maximum atomic E-state index is 9.23. The van der Waals surface area contributed by atoms with Crippen LogP contribution in [-0.2, 0) is 21.1 Å². The topological polar surface area (TPSA) is 391 Å². The molecule has 0 atom stereocenters. The first kappa shape index (κ1) is 56.2. The van der Waals surface area contributed by atoms with Crippen LogP contribution in [-0.4, -0.2) is 81.6 Å². The van der Waals surface area contributed by atoms with E-state index in [1.807, 2.05) is 158 Å². The molecule has 0 spiro atoms. The molecule has 4 aliphatic rings. The lowest BCUT2D eigenvalue weighted by molar-refractivity contribution is 0.131.